The Morgan fingerprint density at radius 1 is 1.32 bits per heavy atom. The van der Waals surface area contributed by atoms with E-state index in [0.29, 0.717) is 30.1 Å². The van der Waals surface area contributed by atoms with E-state index in [0.717, 1.165) is 17.4 Å². The van der Waals surface area contributed by atoms with Gasteiger partial charge in [-0.15, -0.1) is 4.58 Å². The van der Waals surface area contributed by atoms with E-state index in [2.05, 4.69) is 25.5 Å². The molecule has 0 aliphatic heterocycles. The number of carbonyl (C=O) groups excluding carboxylic acids is 1. The molecule has 0 radical (unpaired) electrons. The van der Waals surface area contributed by atoms with Gasteiger partial charge < -0.3 is 0 Å². The first-order chi connectivity index (χ1) is 13.0. The van der Waals surface area contributed by atoms with Crippen LogP contribution in [0.25, 0.3) is 0 Å². The van der Waals surface area contributed by atoms with E-state index in [9.17, 15) is 28.1 Å². The van der Waals surface area contributed by atoms with Crippen LogP contribution in [0.5, 0.6) is 0 Å². The third-order valence-electron chi connectivity index (χ3n) is 5.50. The molecule has 0 aromatic carbocycles. The molecule has 9 heteroatoms. The second kappa shape index (κ2) is 7.32. The fourth-order valence-electron chi connectivity index (χ4n) is 3.39. The Morgan fingerprint density at radius 3 is 2.43 bits per heavy atom. The Hall–Kier alpha value is -2.21. The van der Waals surface area contributed by atoms with Gasteiger partial charge in [-0.1, -0.05) is 18.8 Å². The van der Waals surface area contributed by atoms with Gasteiger partial charge in [0.2, 0.25) is 0 Å². The molecule has 0 N–H and O–H groups in total. The van der Waals surface area contributed by atoms with Gasteiger partial charge in [-0.2, -0.15) is 13.2 Å². The van der Waals surface area contributed by atoms with Crippen LogP contribution in [-0.4, -0.2) is 28.3 Å². The van der Waals surface area contributed by atoms with Gasteiger partial charge in [-0.3, -0.25) is 10.1 Å². The minimum absolute atomic E-state index is 0.0141. The van der Waals surface area contributed by atoms with Crippen molar-refractivity contribution in [3.8, 4) is 11.8 Å². The van der Waals surface area contributed by atoms with Crippen molar-refractivity contribution in [1.29, 1.82) is 0 Å². The number of hydrogen-bond donors (Lipinski definition) is 0. The standard InChI is InChI=1S/C19H20F3N2O3S/c1-12-3-5-13(6-4-12)16(25)23(2)15-11-14(28-17(15)24(26)27)7-8-18(9-10-18)19(20,21)22/h11-13H,2-6,9-10H2,1H3/q+1. The molecule has 2 fully saturated rings. The van der Waals surface area contributed by atoms with Crippen molar-refractivity contribution in [3.63, 3.8) is 0 Å². The lowest BCUT2D eigenvalue weighted by molar-refractivity contribution is -0.406. The van der Waals surface area contributed by atoms with Crippen molar-refractivity contribution < 1.29 is 27.5 Å². The highest BCUT2D eigenvalue weighted by atomic mass is 32.1. The van der Waals surface area contributed by atoms with Crippen molar-refractivity contribution in [3.05, 3.63) is 21.1 Å². The molecule has 0 unspecified atom stereocenters. The van der Waals surface area contributed by atoms with Crippen molar-refractivity contribution >= 4 is 34.6 Å². The first kappa shape index (κ1) is 20.5. The summed E-state index contributed by atoms with van der Waals surface area (Å²) in [4.78, 5) is 23.5. The number of rotatable bonds is 3. The average molecular weight is 413 g/mol. The maximum Gasteiger partial charge on any atom is 0.405 e. The Kier molecular flexibility index (Phi) is 5.36. The smallest absolute Gasteiger partial charge is 0.257 e. The summed E-state index contributed by atoms with van der Waals surface area (Å²) in [6.45, 7) is 5.79. The van der Waals surface area contributed by atoms with E-state index in [1.165, 1.54) is 6.07 Å². The maximum atomic E-state index is 13.0. The van der Waals surface area contributed by atoms with Crippen LogP contribution in [0.2, 0.25) is 0 Å². The summed E-state index contributed by atoms with van der Waals surface area (Å²) in [7, 11) is 0. The minimum atomic E-state index is -4.42. The molecular weight excluding hydrogens is 393 g/mol. The van der Waals surface area contributed by atoms with Gasteiger partial charge in [0.05, 0.1) is 15.7 Å². The van der Waals surface area contributed by atoms with Crippen LogP contribution in [0, 0.1) is 39.2 Å². The molecule has 0 spiro atoms. The third-order valence-corrected chi connectivity index (χ3v) is 6.49. The summed E-state index contributed by atoms with van der Waals surface area (Å²) in [6.07, 6.45) is -1.33. The van der Waals surface area contributed by atoms with Crippen molar-refractivity contribution in [2.75, 3.05) is 0 Å². The predicted octanol–water partition coefficient (Wildman–Crippen LogP) is 5.05. The number of amides is 1. The van der Waals surface area contributed by atoms with E-state index < -0.39 is 16.5 Å². The molecule has 1 amide bonds. The maximum absolute atomic E-state index is 13.0. The lowest BCUT2D eigenvalue weighted by atomic mass is 9.82. The highest BCUT2D eigenvalue weighted by Gasteiger charge is 2.62. The average Bonchev–Trinajstić information content (AvgIpc) is 3.31. The molecule has 28 heavy (non-hydrogen) atoms. The Morgan fingerprint density at radius 2 is 1.93 bits per heavy atom. The lowest BCUT2D eigenvalue weighted by Gasteiger charge is -2.22. The zero-order valence-electron chi connectivity index (χ0n) is 15.3. The second-order valence-electron chi connectivity index (χ2n) is 7.61. The van der Waals surface area contributed by atoms with Crippen LogP contribution >= 0.6 is 11.3 Å². The van der Waals surface area contributed by atoms with Gasteiger partial charge in [0.25, 0.3) is 0 Å². The topological polar surface area (TPSA) is 63.2 Å². The van der Waals surface area contributed by atoms with Gasteiger partial charge in [0, 0.05) is 6.07 Å². The molecule has 3 rings (SSSR count). The number of nitrogens with zero attached hydrogens (tertiary/aromatic N) is 2. The van der Waals surface area contributed by atoms with E-state index in [1.807, 2.05) is 0 Å². The summed E-state index contributed by atoms with van der Waals surface area (Å²) in [5.41, 5.74) is -2.02. The van der Waals surface area contributed by atoms with Crippen molar-refractivity contribution in [2.45, 2.75) is 51.6 Å². The van der Waals surface area contributed by atoms with Crippen LogP contribution in [0.4, 0.5) is 23.9 Å². The molecule has 0 saturated heterocycles. The quantitative estimate of drug-likeness (QED) is 0.229. The van der Waals surface area contributed by atoms with E-state index in [-0.39, 0.29) is 40.2 Å². The molecule has 1 heterocycles. The molecule has 2 saturated carbocycles. The second-order valence-corrected chi connectivity index (χ2v) is 8.64. The van der Waals surface area contributed by atoms with Gasteiger partial charge >= 0.3 is 22.8 Å². The Bertz CT molecular complexity index is 882. The van der Waals surface area contributed by atoms with Crippen molar-refractivity contribution in [2.24, 2.45) is 17.3 Å². The number of nitro groups is 1. The summed E-state index contributed by atoms with van der Waals surface area (Å²) < 4.78 is 40.0. The summed E-state index contributed by atoms with van der Waals surface area (Å²) in [5, 5.41) is 11.0. The molecule has 0 atom stereocenters. The predicted molar refractivity (Wildman–Crippen MR) is 98.7 cm³/mol. The first-order valence-electron chi connectivity index (χ1n) is 9.06. The zero-order chi connectivity index (χ0) is 20.7. The van der Waals surface area contributed by atoms with Gasteiger partial charge in [-0.25, -0.2) is 4.79 Å². The highest BCUT2D eigenvalue weighted by Crippen LogP contribution is 2.57. The van der Waals surface area contributed by atoms with E-state index in [4.69, 9.17) is 0 Å². The lowest BCUT2D eigenvalue weighted by Crippen LogP contribution is -2.27. The molecule has 150 valence electrons. The van der Waals surface area contributed by atoms with E-state index >= 15 is 0 Å². The normalized spacial score (nSPS) is 23.4. The molecule has 2 aliphatic rings. The van der Waals surface area contributed by atoms with Crippen LogP contribution in [0.1, 0.15) is 50.3 Å². The Balaban J connectivity index is 1.85. The third kappa shape index (κ3) is 3.97. The Labute approximate surface area is 164 Å². The minimum Gasteiger partial charge on any atom is -0.257 e. The summed E-state index contributed by atoms with van der Waals surface area (Å²) >= 11 is 0.666. The molecule has 0 bridgehead atoms. The van der Waals surface area contributed by atoms with Crippen LogP contribution in [0.15, 0.2) is 6.07 Å². The first-order valence-corrected chi connectivity index (χ1v) is 9.88. The van der Waals surface area contributed by atoms with Crippen LogP contribution in [0.3, 0.4) is 0 Å². The van der Waals surface area contributed by atoms with Gasteiger partial charge in [-0.05, 0) is 55.8 Å². The molecule has 1 aromatic heterocycles. The molecule has 1 aromatic rings. The van der Waals surface area contributed by atoms with Gasteiger partial charge in [0.1, 0.15) is 12.1 Å². The number of alkyl halides is 3. The molecule has 5 nitrogen and oxygen atoms in total. The number of carbonyl (C=O) groups is 1. The molecule has 2 aliphatic carbocycles. The molecular formula is C19H20F3N2O3S+. The fraction of sp³-hybridized carbons (Fsp3) is 0.579. The highest BCUT2D eigenvalue weighted by molar-refractivity contribution is 7.16. The number of thiophene rings is 1. The number of hydrogen-bond acceptors (Lipinski definition) is 4. The summed E-state index contributed by atoms with van der Waals surface area (Å²) in [6, 6.07) is 1.29. The van der Waals surface area contributed by atoms with Crippen LogP contribution < -0.4 is 0 Å². The summed E-state index contributed by atoms with van der Waals surface area (Å²) in [5.74, 6) is 4.65. The van der Waals surface area contributed by atoms with E-state index in [1.54, 1.807) is 0 Å². The number of halogens is 3. The monoisotopic (exact) mass is 413 g/mol. The van der Waals surface area contributed by atoms with Gasteiger partial charge in [0.15, 0.2) is 0 Å². The zero-order valence-corrected chi connectivity index (χ0v) is 16.2. The fourth-order valence-corrected chi connectivity index (χ4v) is 4.22. The van der Waals surface area contributed by atoms with Crippen molar-refractivity contribution in [1.82, 2.24) is 0 Å². The SMILES string of the molecule is C=[N+](C(=O)C1CCC(C)CC1)c1cc(C#CC2(C(F)(F)F)CC2)sc1[N+](=O)[O-]. The van der Waals surface area contributed by atoms with Crippen LogP contribution in [-0.2, 0) is 4.79 Å². The largest absolute Gasteiger partial charge is 0.405 e.